The Balaban J connectivity index is 2.25. The summed E-state index contributed by atoms with van der Waals surface area (Å²) < 4.78 is 0. The number of rotatable bonds is 2. The van der Waals surface area contributed by atoms with Gasteiger partial charge in [-0.25, -0.2) is 0 Å². The van der Waals surface area contributed by atoms with Crippen LogP contribution in [0.2, 0.25) is 0 Å². The van der Waals surface area contributed by atoms with E-state index < -0.39 is 0 Å². The Hall–Kier alpha value is -1.44. The Labute approximate surface area is 77.3 Å². The van der Waals surface area contributed by atoms with Gasteiger partial charge in [-0.05, 0) is 37.0 Å². The Morgan fingerprint density at radius 1 is 1.46 bits per heavy atom. The molecule has 0 bridgehead atoms. The Kier molecular flexibility index (Phi) is 1.97. The molecule has 0 saturated carbocycles. The molecule has 0 spiro atoms. The van der Waals surface area contributed by atoms with Crippen molar-refractivity contribution in [1.29, 1.82) is 0 Å². The first-order chi connectivity index (χ1) is 6.27. The summed E-state index contributed by atoms with van der Waals surface area (Å²) in [6, 6.07) is 3.68. The van der Waals surface area contributed by atoms with Crippen LogP contribution in [0.4, 0.5) is 0 Å². The lowest BCUT2D eigenvalue weighted by molar-refractivity contribution is 0.102. The summed E-state index contributed by atoms with van der Waals surface area (Å²) in [7, 11) is 0. The lowest BCUT2D eigenvalue weighted by Crippen LogP contribution is -2.10. The minimum Gasteiger partial charge on any atom is -0.287 e. The largest absolute Gasteiger partial charge is 0.287 e. The maximum atomic E-state index is 11.6. The van der Waals surface area contributed by atoms with Crippen molar-refractivity contribution < 1.29 is 4.79 Å². The van der Waals surface area contributed by atoms with E-state index in [0.717, 1.165) is 17.6 Å². The van der Waals surface area contributed by atoms with Crippen LogP contribution in [0, 0.1) is 13.3 Å². The van der Waals surface area contributed by atoms with Crippen LogP contribution in [0.15, 0.2) is 30.0 Å². The van der Waals surface area contributed by atoms with Gasteiger partial charge in [-0.2, -0.15) is 0 Å². The van der Waals surface area contributed by atoms with Gasteiger partial charge in [0.25, 0.3) is 0 Å². The molecule has 0 aliphatic heterocycles. The number of carbonyl (C=O) groups excluding carboxylic acids is 1. The predicted molar refractivity (Wildman–Crippen MR) is 50.3 cm³/mol. The molecule has 0 unspecified atom stereocenters. The van der Waals surface area contributed by atoms with Crippen molar-refractivity contribution in [1.82, 2.24) is 4.98 Å². The molecule has 0 aromatic carbocycles. The van der Waals surface area contributed by atoms with Crippen molar-refractivity contribution >= 4 is 5.78 Å². The summed E-state index contributed by atoms with van der Waals surface area (Å²) in [5.74, 6) is 0.0579. The van der Waals surface area contributed by atoms with Gasteiger partial charge in [0, 0.05) is 6.20 Å². The molecule has 1 aliphatic rings. The van der Waals surface area contributed by atoms with E-state index in [1.165, 1.54) is 0 Å². The van der Waals surface area contributed by atoms with E-state index in [2.05, 4.69) is 4.98 Å². The van der Waals surface area contributed by atoms with Gasteiger partial charge in [-0.1, -0.05) is 12.1 Å². The standard InChI is InChI=1S/C11H10NO/c1-8-5-6-10(12-7-8)11(13)9-3-2-4-9/h2-3,5-7H,4H2,1H3. The maximum absolute atomic E-state index is 11.6. The van der Waals surface area contributed by atoms with Gasteiger partial charge in [0.05, 0.1) is 0 Å². The zero-order valence-electron chi connectivity index (χ0n) is 7.45. The number of carbonyl (C=O) groups is 1. The minimum absolute atomic E-state index is 0.0579. The molecule has 0 atom stereocenters. The summed E-state index contributed by atoms with van der Waals surface area (Å²) in [6.07, 6.45) is 6.33. The fourth-order valence-corrected chi connectivity index (χ4v) is 1.17. The topological polar surface area (TPSA) is 30.0 Å². The molecule has 13 heavy (non-hydrogen) atoms. The highest BCUT2D eigenvalue weighted by Crippen LogP contribution is 2.20. The van der Waals surface area contributed by atoms with E-state index in [-0.39, 0.29) is 5.78 Å². The molecule has 2 heteroatoms. The van der Waals surface area contributed by atoms with E-state index in [0.29, 0.717) is 5.69 Å². The normalized spacial score (nSPS) is 14.7. The minimum atomic E-state index is 0.0579. The lowest BCUT2D eigenvalue weighted by Gasteiger charge is -2.11. The number of aryl methyl sites for hydroxylation is 1. The molecule has 0 fully saturated rings. The number of hydrogen-bond acceptors (Lipinski definition) is 2. The molecule has 1 radical (unpaired) electrons. The van der Waals surface area contributed by atoms with E-state index in [1.54, 1.807) is 12.3 Å². The van der Waals surface area contributed by atoms with E-state index in [9.17, 15) is 4.79 Å². The number of pyridine rings is 1. The van der Waals surface area contributed by atoms with Crippen molar-refractivity contribution in [2.45, 2.75) is 13.3 Å². The highest BCUT2D eigenvalue weighted by molar-refractivity contribution is 6.08. The first-order valence-electron chi connectivity index (χ1n) is 4.27. The van der Waals surface area contributed by atoms with Gasteiger partial charge in [-0.3, -0.25) is 9.78 Å². The lowest BCUT2D eigenvalue weighted by atomic mass is 9.93. The first-order valence-corrected chi connectivity index (χ1v) is 4.27. The van der Waals surface area contributed by atoms with Gasteiger partial charge in [0.1, 0.15) is 5.69 Å². The second-order valence-electron chi connectivity index (χ2n) is 3.18. The van der Waals surface area contributed by atoms with Crippen molar-refractivity contribution in [3.05, 3.63) is 47.7 Å². The van der Waals surface area contributed by atoms with Crippen LogP contribution in [0.1, 0.15) is 22.5 Å². The molecule has 2 nitrogen and oxygen atoms in total. The molecular weight excluding hydrogens is 162 g/mol. The van der Waals surface area contributed by atoms with Gasteiger partial charge in [0.2, 0.25) is 5.78 Å². The second kappa shape index (κ2) is 3.13. The third kappa shape index (κ3) is 1.52. The van der Waals surface area contributed by atoms with E-state index in [1.807, 2.05) is 25.5 Å². The quantitative estimate of drug-likeness (QED) is 0.639. The average molecular weight is 172 g/mol. The zero-order chi connectivity index (χ0) is 9.26. The number of allylic oxidation sites excluding steroid dienone is 2. The molecule has 1 aromatic rings. The average Bonchev–Trinajstić information content (AvgIpc) is 2.02. The monoisotopic (exact) mass is 172 g/mol. The van der Waals surface area contributed by atoms with Crippen LogP contribution in [-0.2, 0) is 0 Å². The molecule has 0 saturated heterocycles. The molecular formula is C11H10NO. The van der Waals surface area contributed by atoms with E-state index >= 15 is 0 Å². The summed E-state index contributed by atoms with van der Waals surface area (Å²) in [5, 5.41) is 0. The van der Waals surface area contributed by atoms with Crippen LogP contribution in [0.25, 0.3) is 0 Å². The number of hydrogen-bond donors (Lipinski definition) is 0. The van der Waals surface area contributed by atoms with Gasteiger partial charge in [0.15, 0.2) is 0 Å². The highest BCUT2D eigenvalue weighted by Gasteiger charge is 2.17. The third-order valence-corrected chi connectivity index (χ3v) is 2.09. The summed E-state index contributed by atoms with van der Waals surface area (Å²) in [4.78, 5) is 15.7. The van der Waals surface area contributed by atoms with E-state index in [4.69, 9.17) is 0 Å². The zero-order valence-corrected chi connectivity index (χ0v) is 7.45. The van der Waals surface area contributed by atoms with Crippen molar-refractivity contribution in [3.63, 3.8) is 0 Å². The molecule has 2 rings (SSSR count). The van der Waals surface area contributed by atoms with Crippen LogP contribution >= 0.6 is 0 Å². The fraction of sp³-hybridized carbons (Fsp3) is 0.182. The van der Waals surface area contributed by atoms with Gasteiger partial charge >= 0.3 is 0 Å². The summed E-state index contributed by atoms with van der Waals surface area (Å²) >= 11 is 0. The molecule has 0 amide bonds. The number of Topliss-reactive ketones (excluding diaryl/α,β-unsaturated/α-hetero) is 1. The van der Waals surface area contributed by atoms with Crippen LogP contribution in [0.3, 0.4) is 0 Å². The summed E-state index contributed by atoms with van der Waals surface area (Å²) in [6.45, 7) is 1.96. The Bertz CT molecular complexity index is 362. The first kappa shape index (κ1) is 8.17. The Morgan fingerprint density at radius 2 is 2.23 bits per heavy atom. The maximum Gasteiger partial charge on any atom is 0.207 e. The number of ketones is 1. The molecule has 1 heterocycles. The molecule has 65 valence electrons. The highest BCUT2D eigenvalue weighted by atomic mass is 16.1. The number of nitrogens with zero attached hydrogens (tertiary/aromatic N) is 1. The van der Waals surface area contributed by atoms with Crippen LogP contribution in [0.5, 0.6) is 0 Å². The summed E-state index contributed by atoms with van der Waals surface area (Å²) in [5.41, 5.74) is 2.48. The van der Waals surface area contributed by atoms with Gasteiger partial charge in [-0.15, -0.1) is 0 Å². The third-order valence-electron chi connectivity index (χ3n) is 2.09. The predicted octanol–water partition coefficient (Wildman–Crippen LogP) is 2.11. The molecule has 1 aliphatic carbocycles. The Morgan fingerprint density at radius 3 is 2.69 bits per heavy atom. The SMILES string of the molecule is Cc1ccc(C(=O)C2=C[CH]C2)nc1. The van der Waals surface area contributed by atoms with Gasteiger partial charge < -0.3 is 0 Å². The van der Waals surface area contributed by atoms with Crippen molar-refractivity contribution in [2.24, 2.45) is 0 Å². The smallest absolute Gasteiger partial charge is 0.207 e. The number of aromatic nitrogens is 1. The van der Waals surface area contributed by atoms with Crippen molar-refractivity contribution in [3.8, 4) is 0 Å². The molecule has 0 N–H and O–H groups in total. The molecule has 1 aromatic heterocycles. The van der Waals surface area contributed by atoms with Crippen molar-refractivity contribution in [2.75, 3.05) is 0 Å². The van der Waals surface area contributed by atoms with Crippen LogP contribution < -0.4 is 0 Å². The fourth-order valence-electron chi connectivity index (χ4n) is 1.17. The van der Waals surface area contributed by atoms with Crippen LogP contribution in [-0.4, -0.2) is 10.8 Å². The second-order valence-corrected chi connectivity index (χ2v) is 3.18.